The van der Waals surface area contributed by atoms with E-state index in [4.69, 9.17) is 0 Å². The first-order chi connectivity index (χ1) is 11.0. The number of hydrogen-bond acceptors (Lipinski definition) is 3. The molecule has 2 aromatic rings. The van der Waals surface area contributed by atoms with Crippen molar-refractivity contribution in [1.82, 2.24) is 20.1 Å². The van der Waals surface area contributed by atoms with Crippen molar-refractivity contribution in [3.63, 3.8) is 0 Å². The van der Waals surface area contributed by atoms with E-state index in [1.165, 1.54) is 0 Å². The second-order valence-corrected chi connectivity index (χ2v) is 6.07. The molecule has 0 fully saturated rings. The molecule has 0 bridgehead atoms. The van der Waals surface area contributed by atoms with Crippen LogP contribution < -0.4 is 5.32 Å². The van der Waals surface area contributed by atoms with Gasteiger partial charge >= 0.3 is 0 Å². The predicted molar refractivity (Wildman–Crippen MR) is 86.5 cm³/mol. The van der Waals surface area contributed by atoms with Gasteiger partial charge in [-0.25, -0.2) is 0 Å². The maximum Gasteiger partial charge on any atom is 0.254 e. The largest absolute Gasteiger partial charge is 0.361 e. The van der Waals surface area contributed by atoms with Crippen molar-refractivity contribution in [2.24, 2.45) is 7.05 Å². The molecule has 2 N–H and O–H groups in total. The third-order valence-corrected chi connectivity index (χ3v) is 4.53. The van der Waals surface area contributed by atoms with E-state index in [0.29, 0.717) is 17.5 Å². The topological polar surface area (TPSA) is 79.8 Å². The molecule has 0 saturated heterocycles. The number of aromatic amines is 1. The summed E-state index contributed by atoms with van der Waals surface area (Å²) in [4.78, 5) is 28.3. The maximum absolute atomic E-state index is 12.8. The number of nitrogens with one attached hydrogen (secondary N) is 2. The minimum atomic E-state index is -0.191. The van der Waals surface area contributed by atoms with Crippen LogP contribution >= 0.6 is 0 Å². The third kappa shape index (κ3) is 2.69. The number of carbonyl (C=O) groups is 2. The summed E-state index contributed by atoms with van der Waals surface area (Å²) in [6.45, 7) is 3.87. The van der Waals surface area contributed by atoms with Gasteiger partial charge in [0.25, 0.3) is 5.91 Å². The van der Waals surface area contributed by atoms with Crippen LogP contribution in [0.15, 0.2) is 12.3 Å². The van der Waals surface area contributed by atoms with E-state index in [2.05, 4.69) is 15.4 Å². The minimum absolute atomic E-state index is 0.0642. The first-order valence-corrected chi connectivity index (χ1v) is 8.06. The van der Waals surface area contributed by atoms with Crippen molar-refractivity contribution in [2.75, 3.05) is 0 Å². The van der Waals surface area contributed by atoms with E-state index < -0.39 is 0 Å². The Balaban J connectivity index is 1.91. The van der Waals surface area contributed by atoms with Crippen LogP contribution in [-0.4, -0.2) is 26.5 Å². The van der Waals surface area contributed by atoms with E-state index in [-0.39, 0.29) is 17.7 Å². The fourth-order valence-corrected chi connectivity index (χ4v) is 3.36. The quantitative estimate of drug-likeness (QED) is 0.909. The number of rotatable bonds is 4. The second kappa shape index (κ2) is 6.02. The monoisotopic (exact) mass is 314 g/mol. The molecule has 3 rings (SSSR count). The summed E-state index contributed by atoms with van der Waals surface area (Å²) in [5.74, 6) is -0.127. The van der Waals surface area contributed by atoms with Gasteiger partial charge in [0.1, 0.15) is 0 Å². The highest BCUT2D eigenvalue weighted by Gasteiger charge is 2.29. The summed E-state index contributed by atoms with van der Waals surface area (Å²) in [5, 5.41) is 7.21. The standard InChI is InChI=1S/C17H22N4O2/c1-4-11(13-8-9-18-21(13)3)20-17(23)15-10(2)19-12-6-5-7-14(22)16(12)15/h8-9,11,19H,4-7H2,1-3H3,(H,20,23)/t11-/m1/s1. The predicted octanol–water partition coefficient (Wildman–Crippen LogP) is 2.46. The van der Waals surface area contributed by atoms with Gasteiger partial charge in [0.15, 0.2) is 5.78 Å². The van der Waals surface area contributed by atoms with Crippen LogP contribution in [0.1, 0.15) is 70.0 Å². The lowest BCUT2D eigenvalue weighted by molar-refractivity contribution is 0.0913. The van der Waals surface area contributed by atoms with Crippen LogP contribution in [0.5, 0.6) is 0 Å². The van der Waals surface area contributed by atoms with Crippen LogP contribution in [0.3, 0.4) is 0 Å². The molecule has 2 aromatic heterocycles. The van der Waals surface area contributed by atoms with Gasteiger partial charge in [-0.3, -0.25) is 14.3 Å². The molecular formula is C17H22N4O2. The zero-order valence-corrected chi connectivity index (χ0v) is 13.8. The van der Waals surface area contributed by atoms with Gasteiger partial charge in [0.2, 0.25) is 0 Å². The Labute approximate surface area is 135 Å². The molecule has 0 unspecified atom stereocenters. The summed E-state index contributed by atoms with van der Waals surface area (Å²) in [5.41, 5.74) is 3.71. The Hall–Kier alpha value is -2.37. The van der Waals surface area contributed by atoms with E-state index in [0.717, 1.165) is 36.3 Å². The number of aromatic nitrogens is 3. The smallest absolute Gasteiger partial charge is 0.254 e. The molecule has 1 atom stereocenters. The van der Waals surface area contributed by atoms with E-state index in [1.807, 2.05) is 27.0 Å². The summed E-state index contributed by atoms with van der Waals surface area (Å²) in [6.07, 6.45) is 4.67. The summed E-state index contributed by atoms with van der Waals surface area (Å²) >= 11 is 0. The van der Waals surface area contributed by atoms with Crippen LogP contribution in [0, 0.1) is 6.92 Å². The van der Waals surface area contributed by atoms with Crippen molar-refractivity contribution in [1.29, 1.82) is 0 Å². The summed E-state index contributed by atoms with van der Waals surface area (Å²) in [6, 6.07) is 1.78. The van der Waals surface area contributed by atoms with Gasteiger partial charge in [-0.1, -0.05) is 6.92 Å². The number of ketones is 1. The van der Waals surface area contributed by atoms with Gasteiger partial charge in [-0.05, 0) is 32.3 Å². The van der Waals surface area contributed by atoms with E-state index in [1.54, 1.807) is 10.9 Å². The van der Waals surface area contributed by atoms with Crippen LogP contribution in [0.4, 0.5) is 0 Å². The Morgan fingerprint density at radius 1 is 1.48 bits per heavy atom. The van der Waals surface area contributed by atoms with Gasteiger partial charge in [-0.15, -0.1) is 0 Å². The number of nitrogens with zero attached hydrogens (tertiary/aromatic N) is 2. The molecule has 0 spiro atoms. The van der Waals surface area contributed by atoms with E-state index in [9.17, 15) is 9.59 Å². The Kier molecular flexibility index (Phi) is 4.07. The highest BCUT2D eigenvalue weighted by atomic mass is 16.2. The molecule has 1 aliphatic rings. The molecule has 0 saturated carbocycles. The van der Waals surface area contributed by atoms with Crippen LogP contribution in [-0.2, 0) is 13.5 Å². The zero-order chi connectivity index (χ0) is 16.6. The summed E-state index contributed by atoms with van der Waals surface area (Å²) in [7, 11) is 1.86. The normalized spacial score (nSPS) is 15.3. The van der Waals surface area contributed by atoms with Crippen molar-refractivity contribution in [3.05, 3.63) is 40.5 Å². The number of hydrogen-bond donors (Lipinski definition) is 2. The maximum atomic E-state index is 12.8. The van der Waals surface area contributed by atoms with Gasteiger partial charge < -0.3 is 10.3 Å². The molecule has 6 nitrogen and oxygen atoms in total. The number of aryl methyl sites for hydroxylation is 3. The number of Topliss-reactive ketones (excluding diaryl/α,β-unsaturated/α-hetero) is 1. The van der Waals surface area contributed by atoms with Crippen molar-refractivity contribution < 1.29 is 9.59 Å². The molecule has 0 radical (unpaired) electrons. The lowest BCUT2D eigenvalue weighted by atomic mass is 9.92. The third-order valence-electron chi connectivity index (χ3n) is 4.53. The highest BCUT2D eigenvalue weighted by molar-refractivity contribution is 6.10. The number of fused-ring (bicyclic) bond motifs is 1. The number of H-pyrrole nitrogens is 1. The molecule has 6 heteroatoms. The van der Waals surface area contributed by atoms with Crippen LogP contribution in [0.25, 0.3) is 0 Å². The lowest BCUT2D eigenvalue weighted by Crippen LogP contribution is -2.31. The van der Waals surface area contributed by atoms with Gasteiger partial charge in [0, 0.05) is 31.1 Å². The molecule has 2 heterocycles. The fourth-order valence-electron chi connectivity index (χ4n) is 3.36. The molecule has 23 heavy (non-hydrogen) atoms. The van der Waals surface area contributed by atoms with Crippen molar-refractivity contribution in [3.8, 4) is 0 Å². The molecule has 0 aromatic carbocycles. The molecule has 1 aliphatic carbocycles. The minimum Gasteiger partial charge on any atom is -0.361 e. The van der Waals surface area contributed by atoms with Crippen molar-refractivity contribution in [2.45, 2.75) is 45.6 Å². The average molecular weight is 314 g/mol. The number of carbonyl (C=O) groups excluding carboxylic acids is 2. The van der Waals surface area contributed by atoms with Gasteiger partial charge in [0.05, 0.1) is 22.9 Å². The molecule has 1 amide bonds. The highest BCUT2D eigenvalue weighted by Crippen LogP contribution is 2.27. The van der Waals surface area contributed by atoms with Crippen LogP contribution in [0.2, 0.25) is 0 Å². The Morgan fingerprint density at radius 2 is 2.26 bits per heavy atom. The van der Waals surface area contributed by atoms with Crippen molar-refractivity contribution >= 4 is 11.7 Å². The lowest BCUT2D eigenvalue weighted by Gasteiger charge is -2.18. The molecule has 122 valence electrons. The van der Waals surface area contributed by atoms with E-state index >= 15 is 0 Å². The fraction of sp³-hybridized carbons (Fsp3) is 0.471. The Morgan fingerprint density at radius 3 is 2.91 bits per heavy atom. The second-order valence-electron chi connectivity index (χ2n) is 6.07. The summed E-state index contributed by atoms with van der Waals surface area (Å²) < 4.78 is 1.76. The first-order valence-electron chi connectivity index (χ1n) is 8.06. The first kappa shape index (κ1) is 15.5. The number of amides is 1. The zero-order valence-electron chi connectivity index (χ0n) is 13.8. The molecular weight excluding hydrogens is 292 g/mol. The van der Waals surface area contributed by atoms with Gasteiger partial charge in [-0.2, -0.15) is 5.10 Å². The average Bonchev–Trinajstić information content (AvgIpc) is 3.08. The molecule has 0 aliphatic heterocycles. The Bertz CT molecular complexity index is 757. The SMILES string of the molecule is CC[C@@H](NC(=O)c1c(C)[nH]c2c1C(=O)CCC2)c1ccnn1C.